The van der Waals surface area contributed by atoms with E-state index >= 15 is 0 Å². The van der Waals surface area contributed by atoms with Crippen LogP contribution >= 0.6 is 15.9 Å². The molecule has 1 aliphatic heterocycles. The van der Waals surface area contributed by atoms with E-state index in [1.54, 1.807) is 12.1 Å². The molecule has 2 amide bonds. The van der Waals surface area contributed by atoms with Crippen molar-refractivity contribution in [2.75, 3.05) is 0 Å². The summed E-state index contributed by atoms with van der Waals surface area (Å²) in [5.74, 6) is -0.432. The number of hydrogen-bond acceptors (Lipinski definition) is 2. The maximum absolute atomic E-state index is 12.3. The van der Waals surface area contributed by atoms with E-state index in [-0.39, 0.29) is 11.8 Å². The topological polar surface area (TPSA) is 37.4 Å². The Labute approximate surface area is 125 Å². The molecule has 0 aromatic heterocycles. The maximum Gasteiger partial charge on any atom is 0.261 e. The molecule has 3 nitrogen and oxygen atoms in total. The van der Waals surface area contributed by atoms with E-state index in [1.165, 1.54) is 4.90 Å². The number of carbonyl (C=O) groups excluding carboxylic acids is 2. The highest BCUT2D eigenvalue weighted by Gasteiger charge is 2.35. The van der Waals surface area contributed by atoms with Crippen molar-refractivity contribution in [3.05, 3.63) is 69.2 Å². The first-order valence-corrected chi connectivity index (χ1v) is 7.07. The summed E-state index contributed by atoms with van der Waals surface area (Å²) in [6.45, 7) is 2.21. The summed E-state index contributed by atoms with van der Waals surface area (Å²) in [6.07, 6.45) is 0. The molecule has 0 spiro atoms. The van der Waals surface area contributed by atoms with E-state index in [0.29, 0.717) is 17.7 Å². The average molecular weight is 330 g/mol. The van der Waals surface area contributed by atoms with Gasteiger partial charge in [0.15, 0.2) is 0 Å². The molecule has 0 atom stereocenters. The summed E-state index contributed by atoms with van der Waals surface area (Å²) in [4.78, 5) is 25.9. The SMILES string of the molecule is Cc1ccc2c(c1)C(=O)N(Cc1cccc(Br)c1)C2=O. The molecular formula is C16H12BrNO2. The maximum atomic E-state index is 12.3. The number of carbonyl (C=O) groups is 2. The highest BCUT2D eigenvalue weighted by atomic mass is 79.9. The van der Waals surface area contributed by atoms with Crippen LogP contribution in [0.4, 0.5) is 0 Å². The van der Waals surface area contributed by atoms with Crippen LogP contribution < -0.4 is 0 Å². The Morgan fingerprint density at radius 1 is 1.00 bits per heavy atom. The van der Waals surface area contributed by atoms with Gasteiger partial charge in [-0.1, -0.05) is 39.7 Å². The first kappa shape index (κ1) is 13.1. The second-order valence-corrected chi connectivity index (χ2v) is 5.79. The van der Waals surface area contributed by atoms with E-state index in [2.05, 4.69) is 15.9 Å². The fourth-order valence-corrected chi connectivity index (χ4v) is 2.81. The Bertz CT molecular complexity index is 724. The summed E-state index contributed by atoms with van der Waals surface area (Å²) >= 11 is 3.39. The van der Waals surface area contributed by atoms with Crippen LogP contribution in [0.5, 0.6) is 0 Å². The zero-order chi connectivity index (χ0) is 14.3. The lowest BCUT2D eigenvalue weighted by Crippen LogP contribution is -2.29. The van der Waals surface area contributed by atoms with E-state index in [4.69, 9.17) is 0 Å². The molecule has 0 saturated heterocycles. The van der Waals surface area contributed by atoms with Crippen LogP contribution in [0.15, 0.2) is 46.9 Å². The van der Waals surface area contributed by atoms with Gasteiger partial charge in [-0.25, -0.2) is 0 Å². The zero-order valence-corrected chi connectivity index (χ0v) is 12.5. The number of nitrogens with zero attached hydrogens (tertiary/aromatic N) is 1. The van der Waals surface area contributed by atoms with Crippen molar-refractivity contribution in [3.8, 4) is 0 Å². The Kier molecular flexibility index (Phi) is 3.18. The van der Waals surface area contributed by atoms with Gasteiger partial charge in [0, 0.05) is 4.47 Å². The summed E-state index contributed by atoms with van der Waals surface area (Å²) < 4.78 is 0.933. The minimum atomic E-state index is -0.218. The third kappa shape index (κ3) is 2.16. The van der Waals surface area contributed by atoms with Gasteiger partial charge in [0.05, 0.1) is 17.7 Å². The quantitative estimate of drug-likeness (QED) is 0.790. The Balaban J connectivity index is 1.94. The number of aryl methyl sites for hydroxylation is 1. The third-order valence-electron chi connectivity index (χ3n) is 3.36. The van der Waals surface area contributed by atoms with Crippen LogP contribution in [0, 0.1) is 6.92 Å². The second-order valence-electron chi connectivity index (χ2n) is 4.88. The van der Waals surface area contributed by atoms with Gasteiger partial charge in [-0.05, 0) is 36.8 Å². The van der Waals surface area contributed by atoms with Crippen molar-refractivity contribution in [1.29, 1.82) is 0 Å². The summed E-state index contributed by atoms with van der Waals surface area (Å²) in [7, 11) is 0. The molecule has 1 aliphatic rings. The van der Waals surface area contributed by atoms with Crippen LogP contribution in [0.3, 0.4) is 0 Å². The molecule has 20 heavy (non-hydrogen) atoms. The predicted molar refractivity (Wildman–Crippen MR) is 79.5 cm³/mol. The predicted octanol–water partition coefficient (Wildman–Crippen LogP) is 3.55. The number of rotatable bonds is 2. The molecule has 0 fully saturated rings. The summed E-state index contributed by atoms with van der Waals surface area (Å²) in [5, 5.41) is 0. The van der Waals surface area contributed by atoms with Gasteiger partial charge >= 0.3 is 0 Å². The standard InChI is InChI=1S/C16H12BrNO2/c1-10-5-6-13-14(7-10)16(20)18(15(13)19)9-11-3-2-4-12(17)8-11/h2-8H,9H2,1H3. The lowest BCUT2D eigenvalue weighted by molar-refractivity contribution is 0.0642. The van der Waals surface area contributed by atoms with Gasteiger partial charge < -0.3 is 0 Å². The van der Waals surface area contributed by atoms with Gasteiger partial charge in [-0.3, -0.25) is 14.5 Å². The van der Waals surface area contributed by atoms with Crippen molar-refractivity contribution in [3.63, 3.8) is 0 Å². The molecule has 2 aromatic carbocycles. The number of benzene rings is 2. The van der Waals surface area contributed by atoms with Crippen LogP contribution in [-0.4, -0.2) is 16.7 Å². The number of halogens is 1. The Morgan fingerprint density at radius 2 is 1.75 bits per heavy atom. The average Bonchev–Trinajstić information content (AvgIpc) is 2.64. The highest BCUT2D eigenvalue weighted by Crippen LogP contribution is 2.26. The van der Waals surface area contributed by atoms with Gasteiger partial charge in [0.1, 0.15) is 0 Å². The monoisotopic (exact) mass is 329 g/mol. The molecule has 4 heteroatoms. The van der Waals surface area contributed by atoms with E-state index in [9.17, 15) is 9.59 Å². The fourth-order valence-electron chi connectivity index (χ4n) is 2.37. The molecule has 0 unspecified atom stereocenters. The molecule has 1 heterocycles. The van der Waals surface area contributed by atoms with Crippen molar-refractivity contribution in [2.45, 2.75) is 13.5 Å². The first-order chi connectivity index (χ1) is 9.56. The number of fused-ring (bicyclic) bond motifs is 1. The van der Waals surface area contributed by atoms with Crippen molar-refractivity contribution in [2.24, 2.45) is 0 Å². The van der Waals surface area contributed by atoms with Gasteiger partial charge in [0.25, 0.3) is 11.8 Å². The first-order valence-electron chi connectivity index (χ1n) is 6.27. The third-order valence-corrected chi connectivity index (χ3v) is 3.85. The van der Waals surface area contributed by atoms with E-state index in [0.717, 1.165) is 15.6 Å². The lowest BCUT2D eigenvalue weighted by atomic mass is 10.1. The minimum absolute atomic E-state index is 0.214. The number of imide groups is 1. The lowest BCUT2D eigenvalue weighted by Gasteiger charge is -2.13. The normalized spacial score (nSPS) is 13.8. The molecule has 0 saturated carbocycles. The minimum Gasteiger partial charge on any atom is -0.270 e. The second kappa shape index (κ2) is 4.87. The summed E-state index contributed by atoms with van der Waals surface area (Å²) in [6, 6.07) is 13.0. The van der Waals surface area contributed by atoms with E-state index < -0.39 is 0 Å². The molecule has 2 aromatic rings. The van der Waals surface area contributed by atoms with Crippen molar-refractivity contribution < 1.29 is 9.59 Å². The molecule has 100 valence electrons. The molecule has 0 bridgehead atoms. The van der Waals surface area contributed by atoms with Crippen molar-refractivity contribution in [1.82, 2.24) is 4.90 Å². The van der Waals surface area contributed by atoms with Gasteiger partial charge in [0.2, 0.25) is 0 Å². The molecule has 0 radical (unpaired) electrons. The molecule has 0 aliphatic carbocycles. The van der Waals surface area contributed by atoms with Crippen LogP contribution in [-0.2, 0) is 6.54 Å². The van der Waals surface area contributed by atoms with Crippen LogP contribution in [0.2, 0.25) is 0 Å². The Morgan fingerprint density at radius 3 is 2.50 bits per heavy atom. The largest absolute Gasteiger partial charge is 0.270 e. The number of hydrogen-bond donors (Lipinski definition) is 0. The molecular weight excluding hydrogens is 318 g/mol. The van der Waals surface area contributed by atoms with E-state index in [1.807, 2.05) is 37.3 Å². The smallest absolute Gasteiger partial charge is 0.261 e. The zero-order valence-electron chi connectivity index (χ0n) is 10.9. The van der Waals surface area contributed by atoms with Gasteiger partial charge in [-0.2, -0.15) is 0 Å². The van der Waals surface area contributed by atoms with Crippen LogP contribution in [0.25, 0.3) is 0 Å². The van der Waals surface area contributed by atoms with Gasteiger partial charge in [-0.15, -0.1) is 0 Å². The highest BCUT2D eigenvalue weighted by molar-refractivity contribution is 9.10. The Hall–Kier alpha value is -1.94. The van der Waals surface area contributed by atoms with Crippen LogP contribution in [0.1, 0.15) is 31.8 Å². The van der Waals surface area contributed by atoms with Crippen molar-refractivity contribution >= 4 is 27.7 Å². The fraction of sp³-hybridized carbons (Fsp3) is 0.125. The molecule has 0 N–H and O–H groups in total. The molecule has 3 rings (SSSR count). The number of amides is 2. The summed E-state index contributed by atoms with van der Waals surface area (Å²) in [5.41, 5.74) is 2.90.